The van der Waals surface area contributed by atoms with E-state index >= 15 is 0 Å². The van der Waals surface area contributed by atoms with E-state index in [1.54, 1.807) is 24.4 Å². The number of benzene rings is 2. The first-order valence-electron chi connectivity index (χ1n) is 7.07. The lowest BCUT2D eigenvalue weighted by Crippen LogP contribution is -2.24. The number of carbonyl (C=O) groups excluding carboxylic acids is 1. The lowest BCUT2D eigenvalue weighted by Gasteiger charge is -2.07. The van der Waals surface area contributed by atoms with E-state index in [0.717, 1.165) is 12.0 Å². The van der Waals surface area contributed by atoms with Gasteiger partial charge in [-0.15, -0.1) is 0 Å². The lowest BCUT2D eigenvalue weighted by molar-refractivity contribution is -0.123. The highest BCUT2D eigenvalue weighted by molar-refractivity contribution is 6.35. The maximum Gasteiger partial charge on any atom is 0.277 e. The Morgan fingerprint density at radius 2 is 1.96 bits per heavy atom. The van der Waals surface area contributed by atoms with Crippen LogP contribution in [0.5, 0.6) is 5.75 Å². The van der Waals surface area contributed by atoms with E-state index in [9.17, 15) is 4.79 Å². The van der Waals surface area contributed by atoms with Crippen LogP contribution in [0.3, 0.4) is 0 Å². The zero-order chi connectivity index (χ0) is 16.7. The van der Waals surface area contributed by atoms with Crippen LogP contribution in [0.4, 0.5) is 0 Å². The molecule has 1 amide bonds. The molecule has 0 unspecified atom stereocenters. The molecule has 0 saturated heterocycles. The Kier molecular flexibility index (Phi) is 6.44. The topological polar surface area (TPSA) is 50.7 Å². The third kappa shape index (κ3) is 5.58. The molecule has 2 aromatic rings. The van der Waals surface area contributed by atoms with Gasteiger partial charge in [0, 0.05) is 5.02 Å². The molecule has 0 aliphatic rings. The number of hydrazone groups is 1. The molecule has 0 saturated carbocycles. The van der Waals surface area contributed by atoms with Gasteiger partial charge in [-0.25, -0.2) is 5.43 Å². The standard InChI is InChI=1S/C17H16Cl2N2O2/c1-2-12-3-5-13(6-4-12)10-20-21-17(22)11-23-16-8-7-14(18)9-15(16)19/h3-10H,2,11H2,1H3,(H,21,22). The van der Waals surface area contributed by atoms with E-state index in [4.69, 9.17) is 27.9 Å². The molecule has 0 aromatic heterocycles. The number of nitrogens with one attached hydrogen (secondary N) is 1. The van der Waals surface area contributed by atoms with Gasteiger partial charge in [0.1, 0.15) is 5.75 Å². The molecular weight excluding hydrogens is 335 g/mol. The van der Waals surface area contributed by atoms with Gasteiger partial charge in [0.25, 0.3) is 5.91 Å². The van der Waals surface area contributed by atoms with Crippen molar-refractivity contribution >= 4 is 35.3 Å². The van der Waals surface area contributed by atoms with Crippen LogP contribution in [0.2, 0.25) is 10.0 Å². The van der Waals surface area contributed by atoms with Gasteiger partial charge < -0.3 is 4.74 Å². The largest absolute Gasteiger partial charge is 0.482 e. The molecule has 4 nitrogen and oxygen atoms in total. The Labute approximate surface area is 145 Å². The van der Waals surface area contributed by atoms with Gasteiger partial charge >= 0.3 is 0 Å². The number of rotatable bonds is 6. The summed E-state index contributed by atoms with van der Waals surface area (Å²) in [6.07, 6.45) is 2.56. The van der Waals surface area contributed by atoms with Crippen LogP contribution < -0.4 is 10.2 Å². The Morgan fingerprint density at radius 1 is 1.22 bits per heavy atom. The second-order valence-electron chi connectivity index (χ2n) is 4.75. The van der Waals surface area contributed by atoms with Crippen LogP contribution in [0.1, 0.15) is 18.1 Å². The fourth-order valence-electron chi connectivity index (χ4n) is 1.79. The molecule has 0 bridgehead atoms. The second-order valence-corrected chi connectivity index (χ2v) is 5.60. The number of halogens is 2. The molecule has 2 aromatic carbocycles. The van der Waals surface area contributed by atoms with Crippen LogP contribution in [0.25, 0.3) is 0 Å². The number of ether oxygens (including phenoxy) is 1. The van der Waals surface area contributed by atoms with Crippen LogP contribution in [-0.2, 0) is 11.2 Å². The fourth-order valence-corrected chi connectivity index (χ4v) is 2.25. The molecule has 120 valence electrons. The molecule has 0 fully saturated rings. The van der Waals surface area contributed by atoms with Gasteiger partial charge in [0.2, 0.25) is 0 Å². The van der Waals surface area contributed by atoms with Crippen LogP contribution >= 0.6 is 23.2 Å². The van der Waals surface area contributed by atoms with E-state index < -0.39 is 0 Å². The minimum absolute atomic E-state index is 0.187. The Bertz CT molecular complexity index is 700. The third-order valence-corrected chi connectivity index (χ3v) is 3.57. The summed E-state index contributed by atoms with van der Waals surface area (Å²) < 4.78 is 5.31. The quantitative estimate of drug-likeness (QED) is 0.630. The fraction of sp³-hybridized carbons (Fsp3) is 0.176. The molecule has 0 heterocycles. The van der Waals surface area contributed by atoms with Crippen molar-refractivity contribution in [2.75, 3.05) is 6.61 Å². The summed E-state index contributed by atoms with van der Waals surface area (Å²) in [5, 5.41) is 4.74. The van der Waals surface area contributed by atoms with E-state index in [1.165, 1.54) is 5.56 Å². The highest BCUT2D eigenvalue weighted by Gasteiger charge is 2.05. The van der Waals surface area contributed by atoms with Gasteiger partial charge in [-0.05, 0) is 35.7 Å². The molecule has 0 atom stereocenters. The summed E-state index contributed by atoms with van der Waals surface area (Å²) in [4.78, 5) is 11.7. The van der Waals surface area contributed by atoms with Crippen LogP contribution in [-0.4, -0.2) is 18.7 Å². The number of aryl methyl sites for hydroxylation is 1. The first-order chi connectivity index (χ1) is 11.1. The molecular formula is C17H16Cl2N2O2. The average molecular weight is 351 g/mol. The summed E-state index contributed by atoms with van der Waals surface area (Å²) in [7, 11) is 0. The van der Waals surface area contributed by atoms with Crippen molar-refractivity contribution in [3.05, 3.63) is 63.6 Å². The summed E-state index contributed by atoms with van der Waals surface area (Å²) >= 11 is 11.7. The molecule has 1 N–H and O–H groups in total. The van der Waals surface area contributed by atoms with E-state index in [0.29, 0.717) is 15.8 Å². The Morgan fingerprint density at radius 3 is 2.61 bits per heavy atom. The monoisotopic (exact) mass is 350 g/mol. The lowest BCUT2D eigenvalue weighted by atomic mass is 10.1. The van der Waals surface area contributed by atoms with Crippen LogP contribution in [0.15, 0.2) is 47.6 Å². The maximum atomic E-state index is 11.7. The zero-order valence-electron chi connectivity index (χ0n) is 12.6. The van der Waals surface area contributed by atoms with Crippen molar-refractivity contribution in [3.63, 3.8) is 0 Å². The molecule has 0 radical (unpaired) electrons. The highest BCUT2D eigenvalue weighted by Crippen LogP contribution is 2.27. The molecule has 2 rings (SSSR count). The summed E-state index contributed by atoms with van der Waals surface area (Å²) in [6.45, 7) is 1.91. The number of amides is 1. The molecule has 6 heteroatoms. The first kappa shape index (κ1) is 17.3. The first-order valence-corrected chi connectivity index (χ1v) is 7.82. The van der Waals surface area contributed by atoms with Gasteiger partial charge in [-0.2, -0.15) is 5.10 Å². The molecule has 0 aliphatic heterocycles. The van der Waals surface area contributed by atoms with Crippen molar-refractivity contribution in [2.24, 2.45) is 5.10 Å². The Balaban J connectivity index is 1.81. The predicted molar refractivity (Wildman–Crippen MR) is 93.5 cm³/mol. The third-order valence-electron chi connectivity index (χ3n) is 3.04. The number of carbonyl (C=O) groups is 1. The average Bonchev–Trinajstić information content (AvgIpc) is 2.54. The second kappa shape index (κ2) is 8.56. The van der Waals surface area contributed by atoms with Crippen LogP contribution in [0, 0.1) is 0 Å². The van der Waals surface area contributed by atoms with Crippen molar-refractivity contribution in [1.29, 1.82) is 0 Å². The van der Waals surface area contributed by atoms with E-state index in [1.807, 2.05) is 24.3 Å². The minimum atomic E-state index is -0.377. The zero-order valence-corrected chi connectivity index (χ0v) is 14.1. The summed E-state index contributed by atoms with van der Waals surface area (Å²) in [6, 6.07) is 12.7. The molecule has 0 aliphatic carbocycles. The highest BCUT2D eigenvalue weighted by atomic mass is 35.5. The summed E-state index contributed by atoms with van der Waals surface area (Å²) in [5.74, 6) is 0.0165. The van der Waals surface area contributed by atoms with E-state index in [2.05, 4.69) is 17.5 Å². The van der Waals surface area contributed by atoms with Crippen molar-refractivity contribution < 1.29 is 9.53 Å². The SMILES string of the molecule is CCc1ccc(C=NNC(=O)COc2ccc(Cl)cc2Cl)cc1. The van der Waals surface area contributed by atoms with Crippen molar-refractivity contribution in [3.8, 4) is 5.75 Å². The van der Waals surface area contributed by atoms with Crippen molar-refractivity contribution in [2.45, 2.75) is 13.3 Å². The minimum Gasteiger partial charge on any atom is -0.482 e. The summed E-state index contributed by atoms with van der Waals surface area (Å²) in [5.41, 5.74) is 4.55. The van der Waals surface area contributed by atoms with E-state index in [-0.39, 0.29) is 12.5 Å². The predicted octanol–water partition coefficient (Wildman–Crippen LogP) is 4.08. The van der Waals surface area contributed by atoms with Gasteiger partial charge in [0.05, 0.1) is 11.2 Å². The van der Waals surface area contributed by atoms with Gasteiger partial charge in [0.15, 0.2) is 6.61 Å². The molecule has 0 spiro atoms. The number of nitrogens with zero attached hydrogens (tertiary/aromatic N) is 1. The number of hydrogen-bond acceptors (Lipinski definition) is 3. The van der Waals surface area contributed by atoms with Gasteiger partial charge in [-0.3, -0.25) is 4.79 Å². The molecule has 23 heavy (non-hydrogen) atoms. The normalized spacial score (nSPS) is 10.7. The maximum absolute atomic E-state index is 11.7. The smallest absolute Gasteiger partial charge is 0.277 e. The van der Waals surface area contributed by atoms with Gasteiger partial charge in [-0.1, -0.05) is 54.4 Å². The number of hydrogen-bond donors (Lipinski definition) is 1. The Hall–Kier alpha value is -2.04. The van der Waals surface area contributed by atoms with Crippen molar-refractivity contribution in [1.82, 2.24) is 5.43 Å².